The first-order valence-electron chi connectivity index (χ1n) is 13.5. The maximum atomic E-state index is 13.4. The summed E-state index contributed by atoms with van der Waals surface area (Å²) in [6, 6.07) is 17.6. The van der Waals surface area contributed by atoms with Gasteiger partial charge in [-0.05, 0) is 98.8 Å². The lowest BCUT2D eigenvalue weighted by molar-refractivity contribution is 0.0932. The van der Waals surface area contributed by atoms with Gasteiger partial charge in [-0.25, -0.2) is 4.98 Å². The zero-order chi connectivity index (χ0) is 26.7. The predicted octanol–water partition coefficient (Wildman–Crippen LogP) is 4.37. The summed E-state index contributed by atoms with van der Waals surface area (Å²) in [5, 5.41) is 18.1. The van der Waals surface area contributed by atoms with Crippen LogP contribution >= 0.6 is 0 Å². The fraction of sp³-hybridized carbons (Fsp3) is 0.333. The molecule has 4 aromatic rings. The summed E-state index contributed by atoms with van der Waals surface area (Å²) < 4.78 is 5.44. The standard InChI is InChI=1S/C30H33N7O2/c1-39-24-9-8-20-4-3-7-26(25(20)19-24)33-28(38)22-5-2-6-23(18-22)35-30(12-16-32-17-13-30)29-34-27(36-37-29)21-10-14-31-15-11-21/h2,5-6,8-11,14-15,18-19,26,32,35H,3-4,7,12-13,16-17H2,1H3,(H,33,38)(H,34,36,37). The average Bonchev–Trinajstić information content (AvgIpc) is 3.50. The molecule has 0 saturated carbocycles. The van der Waals surface area contributed by atoms with Crippen molar-refractivity contribution >= 4 is 11.6 Å². The highest BCUT2D eigenvalue weighted by molar-refractivity contribution is 5.95. The molecule has 0 spiro atoms. The fourth-order valence-corrected chi connectivity index (χ4v) is 5.69. The lowest BCUT2D eigenvalue weighted by Crippen LogP contribution is -2.46. The van der Waals surface area contributed by atoms with Crippen LogP contribution in [0, 0.1) is 0 Å². The molecule has 1 unspecified atom stereocenters. The highest BCUT2D eigenvalue weighted by Crippen LogP contribution is 2.35. The van der Waals surface area contributed by atoms with Gasteiger partial charge in [0.05, 0.1) is 18.7 Å². The largest absolute Gasteiger partial charge is 0.497 e. The number of methoxy groups -OCH3 is 1. The molecule has 2 aromatic carbocycles. The molecule has 0 radical (unpaired) electrons. The van der Waals surface area contributed by atoms with Crippen molar-refractivity contribution in [2.24, 2.45) is 0 Å². The second kappa shape index (κ2) is 10.9. The number of benzene rings is 2. The minimum Gasteiger partial charge on any atom is -0.497 e. The Labute approximate surface area is 227 Å². The van der Waals surface area contributed by atoms with E-state index in [9.17, 15) is 4.79 Å². The Bertz CT molecular complexity index is 1450. The van der Waals surface area contributed by atoms with Gasteiger partial charge < -0.3 is 20.7 Å². The van der Waals surface area contributed by atoms with Crippen molar-refractivity contribution in [1.29, 1.82) is 0 Å². The van der Waals surface area contributed by atoms with E-state index >= 15 is 0 Å². The highest BCUT2D eigenvalue weighted by Gasteiger charge is 2.37. The maximum absolute atomic E-state index is 13.4. The van der Waals surface area contributed by atoms with Crippen molar-refractivity contribution < 1.29 is 9.53 Å². The summed E-state index contributed by atoms with van der Waals surface area (Å²) in [7, 11) is 1.67. The van der Waals surface area contributed by atoms with Crippen molar-refractivity contribution in [3.63, 3.8) is 0 Å². The van der Waals surface area contributed by atoms with Crippen LogP contribution in [0.1, 0.15) is 59.0 Å². The number of amides is 1. The van der Waals surface area contributed by atoms with Gasteiger partial charge in [0.15, 0.2) is 11.6 Å². The average molecular weight is 524 g/mol. The molecule has 3 heterocycles. The normalized spacial score (nSPS) is 18.1. The first-order chi connectivity index (χ1) is 19.1. The van der Waals surface area contributed by atoms with Crippen LogP contribution in [0.2, 0.25) is 0 Å². The van der Waals surface area contributed by atoms with E-state index < -0.39 is 5.54 Å². The minimum atomic E-state index is -0.433. The summed E-state index contributed by atoms with van der Waals surface area (Å²) >= 11 is 0. The molecule has 1 amide bonds. The van der Waals surface area contributed by atoms with Gasteiger partial charge in [-0.1, -0.05) is 12.1 Å². The quantitative estimate of drug-likeness (QED) is 0.284. The van der Waals surface area contributed by atoms with Crippen LogP contribution < -0.4 is 20.7 Å². The molecule has 9 heteroatoms. The van der Waals surface area contributed by atoms with Gasteiger partial charge in [0, 0.05) is 29.2 Å². The molecule has 9 nitrogen and oxygen atoms in total. The Morgan fingerprint density at radius 2 is 1.92 bits per heavy atom. The van der Waals surface area contributed by atoms with Crippen molar-refractivity contribution in [2.45, 2.75) is 43.7 Å². The smallest absolute Gasteiger partial charge is 0.251 e. The number of ether oxygens (including phenoxy) is 1. The molecule has 6 rings (SSSR count). The second-order valence-corrected chi connectivity index (χ2v) is 10.3. The molecule has 2 aromatic heterocycles. The molecular formula is C30H33N7O2. The monoisotopic (exact) mass is 523 g/mol. The van der Waals surface area contributed by atoms with E-state index in [0.717, 1.165) is 73.6 Å². The summed E-state index contributed by atoms with van der Waals surface area (Å²) in [6.07, 6.45) is 8.11. The van der Waals surface area contributed by atoms with Gasteiger partial charge in [-0.3, -0.25) is 14.9 Å². The van der Waals surface area contributed by atoms with E-state index in [4.69, 9.17) is 9.72 Å². The molecule has 39 heavy (non-hydrogen) atoms. The third-order valence-corrected chi connectivity index (χ3v) is 7.82. The molecule has 2 aliphatic rings. The SMILES string of the molecule is COc1ccc2c(c1)C(NC(=O)c1cccc(NC3(c4nc(-c5ccncc5)n[nH]4)CCNCC3)c1)CCC2. The van der Waals surface area contributed by atoms with Crippen LogP contribution in [0.3, 0.4) is 0 Å². The topological polar surface area (TPSA) is 117 Å². The lowest BCUT2D eigenvalue weighted by Gasteiger charge is -2.37. The van der Waals surface area contributed by atoms with Gasteiger partial charge in [-0.2, -0.15) is 5.10 Å². The van der Waals surface area contributed by atoms with Gasteiger partial charge in [0.1, 0.15) is 5.75 Å². The van der Waals surface area contributed by atoms with Crippen molar-refractivity contribution in [2.75, 3.05) is 25.5 Å². The summed E-state index contributed by atoms with van der Waals surface area (Å²) in [5.74, 6) is 2.16. The number of aromatic nitrogens is 4. The van der Waals surface area contributed by atoms with E-state index in [1.807, 2.05) is 42.5 Å². The van der Waals surface area contributed by atoms with Crippen LogP contribution in [-0.2, 0) is 12.0 Å². The van der Waals surface area contributed by atoms with Crippen LogP contribution in [0.5, 0.6) is 5.75 Å². The number of rotatable bonds is 7. The zero-order valence-corrected chi connectivity index (χ0v) is 22.0. The number of pyridine rings is 1. The van der Waals surface area contributed by atoms with E-state index in [1.54, 1.807) is 19.5 Å². The third kappa shape index (κ3) is 5.22. The molecule has 0 bridgehead atoms. The molecular weight excluding hydrogens is 490 g/mol. The second-order valence-electron chi connectivity index (χ2n) is 10.3. The Hall–Kier alpha value is -4.24. The molecule has 200 valence electrons. The number of hydrogen-bond donors (Lipinski definition) is 4. The summed E-state index contributed by atoms with van der Waals surface area (Å²) in [5.41, 5.74) is 4.39. The summed E-state index contributed by atoms with van der Waals surface area (Å²) in [6.45, 7) is 1.70. The predicted molar refractivity (Wildman–Crippen MR) is 150 cm³/mol. The highest BCUT2D eigenvalue weighted by atomic mass is 16.5. The van der Waals surface area contributed by atoms with E-state index in [-0.39, 0.29) is 11.9 Å². The molecule has 1 aliphatic carbocycles. The number of hydrogen-bond acceptors (Lipinski definition) is 7. The van der Waals surface area contributed by atoms with Crippen molar-refractivity contribution in [3.8, 4) is 17.1 Å². The maximum Gasteiger partial charge on any atom is 0.251 e. The number of fused-ring (bicyclic) bond motifs is 1. The molecule has 1 atom stereocenters. The lowest BCUT2D eigenvalue weighted by atomic mass is 9.86. The van der Waals surface area contributed by atoms with E-state index in [1.165, 1.54) is 5.56 Å². The van der Waals surface area contributed by atoms with Crippen LogP contribution in [-0.4, -0.2) is 46.3 Å². The van der Waals surface area contributed by atoms with Gasteiger partial charge in [-0.15, -0.1) is 0 Å². The Balaban J connectivity index is 1.23. The summed E-state index contributed by atoms with van der Waals surface area (Å²) in [4.78, 5) is 22.4. The number of carbonyl (C=O) groups is 1. The Morgan fingerprint density at radius 1 is 1.08 bits per heavy atom. The van der Waals surface area contributed by atoms with Gasteiger partial charge in [0.2, 0.25) is 0 Å². The van der Waals surface area contributed by atoms with E-state index in [2.05, 4.69) is 43.3 Å². The van der Waals surface area contributed by atoms with Crippen molar-refractivity contribution in [1.82, 2.24) is 30.8 Å². The number of H-pyrrole nitrogens is 1. The molecule has 1 aliphatic heterocycles. The van der Waals surface area contributed by atoms with Gasteiger partial charge in [0.25, 0.3) is 5.91 Å². The first-order valence-corrected chi connectivity index (χ1v) is 13.5. The number of piperidine rings is 1. The number of aromatic amines is 1. The number of carbonyl (C=O) groups excluding carboxylic acids is 1. The zero-order valence-electron chi connectivity index (χ0n) is 22.0. The first kappa shape index (κ1) is 25.1. The van der Waals surface area contributed by atoms with Crippen LogP contribution in [0.25, 0.3) is 11.4 Å². The van der Waals surface area contributed by atoms with Crippen LogP contribution in [0.15, 0.2) is 67.0 Å². The van der Waals surface area contributed by atoms with Gasteiger partial charge >= 0.3 is 0 Å². The number of nitrogens with zero attached hydrogens (tertiary/aromatic N) is 3. The van der Waals surface area contributed by atoms with Crippen molar-refractivity contribution in [3.05, 3.63) is 89.5 Å². The minimum absolute atomic E-state index is 0.0375. The molecule has 4 N–H and O–H groups in total. The number of aryl methyl sites for hydroxylation is 1. The Morgan fingerprint density at radius 3 is 2.74 bits per heavy atom. The van der Waals surface area contributed by atoms with E-state index in [0.29, 0.717) is 11.4 Å². The molecule has 1 fully saturated rings. The number of nitrogens with one attached hydrogen (secondary N) is 4. The molecule has 1 saturated heterocycles. The fourth-order valence-electron chi connectivity index (χ4n) is 5.69. The Kier molecular flexibility index (Phi) is 6.98. The third-order valence-electron chi connectivity index (χ3n) is 7.82. The van der Waals surface area contributed by atoms with Crippen LogP contribution in [0.4, 0.5) is 5.69 Å². The number of anilines is 1.